The number of hydrogen-bond acceptors (Lipinski definition) is 6. The number of ether oxygens (including phenoxy) is 1. The van der Waals surface area contributed by atoms with Crippen LogP contribution in [-0.4, -0.2) is 39.1 Å². The maximum atomic E-state index is 12.2. The normalized spacial score (nSPS) is 12.5. The van der Waals surface area contributed by atoms with Gasteiger partial charge in [-0.05, 0) is 31.4 Å². The fourth-order valence-electron chi connectivity index (χ4n) is 2.47. The Kier molecular flexibility index (Phi) is 4.86. The molecule has 0 aliphatic carbocycles. The van der Waals surface area contributed by atoms with Gasteiger partial charge in [0.25, 0.3) is 5.78 Å². The third-order valence-electron chi connectivity index (χ3n) is 3.61. The van der Waals surface area contributed by atoms with Crippen LogP contribution in [-0.2, 0) is 16.0 Å². The third kappa shape index (κ3) is 3.60. The van der Waals surface area contributed by atoms with Gasteiger partial charge >= 0.3 is 0 Å². The monoisotopic (exact) mass is 345 g/mol. The molecule has 0 fully saturated rings. The molecule has 3 heterocycles. The number of amides is 1. The number of aromatic nitrogens is 4. The number of carbonyl (C=O) groups is 1. The summed E-state index contributed by atoms with van der Waals surface area (Å²) in [6, 6.07) is 5.88. The Labute approximate surface area is 143 Å². The standard InChI is InChI=1S/C16H19N5O2S/c1-10-7-11(2)21-16(18-10)19-14(20-21)8-15(22)17-9-12(23-3)13-5-4-6-24-13/h4-7,12H,8-9H2,1-3H3,(H,17,22)/t12-/m0/s1. The van der Waals surface area contributed by atoms with E-state index in [2.05, 4.69) is 20.4 Å². The second kappa shape index (κ2) is 7.06. The Bertz CT molecular complexity index is 844. The zero-order valence-electron chi connectivity index (χ0n) is 13.8. The molecule has 1 amide bonds. The lowest BCUT2D eigenvalue weighted by Crippen LogP contribution is -2.30. The van der Waals surface area contributed by atoms with Crippen molar-refractivity contribution in [1.29, 1.82) is 0 Å². The summed E-state index contributed by atoms with van der Waals surface area (Å²) >= 11 is 1.60. The summed E-state index contributed by atoms with van der Waals surface area (Å²) in [5, 5.41) is 9.20. The van der Waals surface area contributed by atoms with Crippen molar-refractivity contribution in [2.24, 2.45) is 0 Å². The summed E-state index contributed by atoms with van der Waals surface area (Å²) in [5.41, 5.74) is 1.82. The van der Waals surface area contributed by atoms with Gasteiger partial charge < -0.3 is 10.1 Å². The molecular formula is C16H19N5O2S. The molecule has 7 nitrogen and oxygen atoms in total. The Balaban J connectivity index is 1.63. The summed E-state index contributed by atoms with van der Waals surface area (Å²) in [6.07, 6.45) is -0.0301. The average Bonchev–Trinajstić information content (AvgIpc) is 3.17. The first-order valence-electron chi connectivity index (χ1n) is 7.59. The number of nitrogens with zero attached hydrogens (tertiary/aromatic N) is 4. The maximum Gasteiger partial charge on any atom is 0.252 e. The van der Waals surface area contributed by atoms with Crippen molar-refractivity contribution in [1.82, 2.24) is 24.9 Å². The average molecular weight is 345 g/mol. The molecule has 0 radical (unpaired) electrons. The Morgan fingerprint density at radius 1 is 1.42 bits per heavy atom. The number of carbonyl (C=O) groups excluding carboxylic acids is 1. The highest BCUT2D eigenvalue weighted by atomic mass is 32.1. The smallest absolute Gasteiger partial charge is 0.252 e. The van der Waals surface area contributed by atoms with E-state index in [0.717, 1.165) is 16.3 Å². The zero-order valence-corrected chi connectivity index (χ0v) is 14.6. The number of rotatable bonds is 6. The van der Waals surface area contributed by atoms with Gasteiger partial charge in [0.15, 0.2) is 5.82 Å². The van der Waals surface area contributed by atoms with Crippen molar-refractivity contribution in [3.63, 3.8) is 0 Å². The molecule has 0 saturated heterocycles. The molecule has 24 heavy (non-hydrogen) atoms. The number of methoxy groups -OCH3 is 1. The SMILES string of the molecule is CO[C@@H](CNC(=O)Cc1nc2nc(C)cc(C)n2n1)c1cccs1. The largest absolute Gasteiger partial charge is 0.374 e. The van der Waals surface area contributed by atoms with Gasteiger partial charge in [-0.25, -0.2) is 9.50 Å². The number of nitrogens with one attached hydrogen (secondary N) is 1. The molecule has 0 saturated carbocycles. The van der Waals surface area contributed by atoms with Crippen LogP contribution < -0.4 is 5.32 Å². The van der Waals surface area contributed by atoms with Gasteiger partial charge in [-0.3, -0.25) is 4.79 Å². The molecule has 0 aliphatic heterocycles. The van der Waals surface area contributed by atoms with E-state index in [0.29, 0.717) is 18.1 Å². The molecule has 0 aliphatic rings. The highest BCUT2D eigenvalue weighted by molar-refractivity contribution is 7.10. The van der Waals surface area contributed by atoms with Crippen LogP contribution in [0, 0.1) is 13.8 Å². The predicted octanol–water partition coefficient (Wildman–Crippen LogP) is 1.85. The van der Waals surface area contributed by atoms with E-state index < -0.39 is 0 Å². The number of aryl methyl sites for hydroxylation is 2. The van der Waals surface area contributed by atoms with Crippen LogP contribution in [0.4, 0.5) is 0 Å². The quantitative estimate of drug-likeness (QED) is 0.737. The van der Waals surface area contributed by atoms with Crippen molar-refractivity contribution in [3.05, 3.63) is 45.7 Å². The van der Waals surface area contributed by atoms with Crippen LogP contribution in [0.15, 0.2) is 23.6 Å². The fourth-order valence-corrected chi connectivity index (χ4v) is 3.27. The van der Waals surface area contributed by atoms with Crippen LogP contribution in [0.25, 0.3) is 5.78 Å². The zero-order chi connectivity index (χ0) is 17.1. The molecule has 0 spiro atoms. The first-order valence-corrected chi connectivity index (χ1v) is 8.47. The predicted molar refractivity (Wildman–Crippen MR) is 91.0 cm³/mol. The van der Waals surface area contributed by atoms with Crippen molar-refractivity contribution in [2.45, 2.75) is 26.4 Å². The lowest BCUT2D eigenvalue weighted by Gasteiger charge is -2.14. The molecule has 3 aromatic heterocycles. The summed E-state index contributed by atoms with van der Waals surface area (Å²) in [7, 11) is 1.64. The Hall–Kier alpha value is -2.32. The van der Waals surface area contributed by atoms with E-state index in [9.17, 15) is 4.79 Å². The van der Waals surface area contributed by atoms with E-state index in [-0.39, 0.29) is 18.4 Å². The lowest BCUT2D eigenvalue weighted by molar-refractivity contribution is -0.121. The summed E-state index contributed by atoms with van der Waals surface area (Å²) in [6.45, 7) is 4.26. The Morgan fingerprint density at radius 2 is 2.25 bits per heavy atom. The summed E-state index contributed by atoms with van der Waals surface area (Å²) < 4.78 is 7.07. The van der Waals surface area contributed by atoms with Gasteiger partial charge in [0.05, 0.1) is 6.42 Å². The molecular weight excluding hydrogens is 326 g/mol. The minimum Gasteiger partial charge on any atom is -0.374 e. The topological polar surface area (TPSA) is 81.4 Å². The summed E-state index contributed by atoms with van der Waals surface area (Å²) in [5.74, 6) is 0.835. The first kappa shape index (κ1) is 16.5. The third-order valence-corrected chi connectivity index (χ3v) is 4.57. The molecule has 1 N–H and O–H groups in total. The van der Waals surface area contributed by atoms with Crippen LogP contribution >= 0.6 is 11.3 Å². The highest BCUT2D eigenvalue weighted by Gasteiger charge is 2.15. The first-order chi connectivity index (χ1) is 11.6. The fraction of sp³-hybridized carbons (Fsp3) is 0.375. The molecule has 3 rings (SSSR count). The van der Waals surface area contributed by atoms with Gasteiger partial charge in [-0.2, -0.15) is 4.98 Å². The summed E-state index contributed by atoms with van der Waals surface area (Å²) in [4.78, 5) is 21.9. The van der Waals surface area contributed by atoms with Crippen molar-refractivity contribution in [3.8, 4) is 0 Å². The van der Waals surface area contributed by atoms with Gasteiger partial charge in [-0.1, -0.05) is 6.07 Å². The minimum atomic E-state index is -0.144. The van der Waals surface area contributed by atoms with E-state index >= 15 is 0 Å². The second-order valence-electron chi connectivity index (χ2n) is 5.50. The molecule has 0 aromatic carbocycles. The molecule has 0 unspecified atom stereocenters. The Morgan fingerprint density at radius 3 is 2.96 bits per heavy atom. The number of fused-ring (bicyclic) bond motifs is 1. The lowest BCUT2D eigenvalue weighted by atomic mass is 10.3. The van der Waals surface area contributed by atoms with E-state index in [1.54, 1.807) is 23.0 Å². The van der Waals surface area contributed by atoms with Crippen LogP contribution in [0.1, 0.15) is 28.2 Å². The highest BCUT2D eigenvalue weighted by Crippen LogP contribution is 2.20. The second-order valence-corrected chi connectivity index (χ2v) is 6.48. The van der Waals surface area contributed by atoms with Gasteiger partial charge in [0.2, 0.25) is 5.91 Å². The molecule has 3 aromatic rings. The maximum absolute atomic E-state index is 12.2. The van der Waals surface area contributed by atoms with E-state index in [1.807, 2.05) is 37.4 Å². The molecule has 0 bridgehead atoms. The van der Waals surface area contributed by atoms with Crippen molar-refractivity contribution < 1.29 is 9.53 Å². The van der Waals surface area contributed by atoms with Crippen molar-refractivity contribution >= 4 is 23.0 Å². The number of thiophene rings is 1. The van der Waals surface area contributed by atoms with Gasteiger partial charge in [-0.15, -0.1) is 16.4 Å². The van der Waals surface area contributed by atoms with Gasteiger partial charge in [0, 0.05) is 29.9 Å². The van der Waals surface area contributed by atoms with E-state index in [1.165, 1.54) is 0 Å². The van der Waals surface area contributed by atoms with Crippen LogP contribution in [0.2, 0.25) is 0 Å². The van der Waals surface area contributed by atoms with Crippen LogP contribution in [0.5, 0.6) is 0 Å². The number of hydrogen-bond donors (Lipinski definition) is 1. The molecule has 1 atom stereocenters. The minimum absolute atomic E-state index is 0.114. The molecule has 8 heteroatoms. The van der Waals surface area contributed by atoms with Crippen molar-refractivity contribution in [2.75, 3.05) is 13.7 Å². The van der Waals surface area contributed by atoms with E-state index in [4.69, 9.17) is 4.74 Å². The van der Waals surface area contributed by atoms with Gasteiger partial charge in [0.1, 0.15) is 6.10 Å². The molecule has 126 valence electrons. The van der Waals surface area contributed by atoms with Crippen LogP contribution in [0.3, 0.4) is 0 Å².